The van der Waals surface area contributed by atoms with Crippen LogP contribution in [0.5, 0.6) is 0 Å². The lowest BCUT2D eigenvalue weighted by Gasteiger charge is -2.16. The van der Waals surface area contributed by atoms with Crippen molar-refractivity contribution in [2.75, 3.05) is 19.7 Å². The highest BCUT2D eigenvalue weighted by Crippen LogP contribution is 2.22. The average Bonchev–Trinajstić information content (AvgIpc) is 2.87. The Morgan fingerprint density at radius 3 is 2.68 bits per heavy atom. The lowest BCUT2D eigenvalue weighted by Crippen LogP contribution is -2.26. The maximum atomic E-state index is 8.95. The van der Waals surface area contributed by atoms with E-state index in [9.17, 15) is 0 Å². The van der Waals surface area contributed by atoms with E-state index in [2.05, 4.69) is 9.88 Å². The summed E-state index contributed by atoms with van der Waals surface area (Å²) < 4.78 is 5.71. The lowest BCUT2D eigenvalue weighted by molar-refractivity contribution is 0.185. The third kappa shape index (κ3) is 3.80. The fraction of sp³-hybridized carbons (Fsp3) is 0.357. The van der Waals surface area contributed by atoms with E-state index < -0.39 is 0 Å². The van der Waals surface area contributed by atoms with E-state index in [4.69, 9.17) is 21.1 Å². The Morgan fingerprint density at radius 1 is 1.32 bits per heavy atom. The van der Waals surface area contributed by atoms with Crippen LogP contribution in [0.25, 0.3) is 11.3 Å². The number of oxazole rings is 1. The van der Waals surface area contributed by atoms with Gasteiger partial charge in [0.2, 0.25) is 5.89 Å². The van der Waals surface area contributed by atoms with Gasteiger partial charge in [0, 0.05) is 17.1 Å². The molecule has 0 unspecified atom stereocenters. The fourth-order valence-electron chi connectivity index (χ4n) is 1.81. The second-order valence-electron chi connectivity index (χ2n) is 4.22. The third-order valence-corrected chi connectivity index (χ3v) is 3.16. The molecule has 102 valence electrons. The summed E-state index contributed by atoms with van der Waals surface area (Å²) in [4.78, 5) is 6.33. The minimum absolute atomic E-state index is 0.137. The number of rotatable bonds is 6. The summed E-state index contributed by atoms with van der Waals surface area (Å²) in [7, 11) is 0. The van der Waals surface area contributed by atoms with Crippen molar-refractivity contribution in [2.24, 2.45) is 0 Å². The van der Waals surface area contributed by atoms with Gasteiger partial charge in [0.1, 0.15) is 0 Å². The number of aliphatic hydroxyl groups excluding tert-OH is 1. The van der Waals surface area contributed by atoms with Crippen LogP contribution in [0.15, 0.2) is 34.9 Å². The van der Waals surface area contributed by atoms with E-state index in [0.717, 1.165) is 17.9 Å². The Balaban J connectivity index is 2.08. The van der Waals surface area contributed by atoms with Gasteiger partial charge in [-0.05, 0) is 30.8 Å². The first-order valence-electron chi connectivity index (χ1n) is 6.26. The quantitative estimate of drug-likeness (QED) is 0.884. The zero-order valence-electron chi connectivity index (χ0n) is 10.8. The van der Waals surface area contributed by atoms with Crippen molar-refractivity contribution in [1.29, 1.82) is 0 Å². The van der Waals surface area contributed by atoms with Crippen molar-refractivity contribution in [3.8, 4) is 11.3 Å². The number of hydrogen-bond acceptors (Lipinski definition) is 4. The van der Waals surface area contributed by atoms with Crippen LogP contribution >= 0.6 is 11.6 Å². The maximum Gasteiger partial charge on any atom is 0.209 e. The summed E-state index contributed by atoms with van der Waals surface area (Å²) in [6.45, 7) is 4.25. The second-order valence-corrected chi connectivity index (χ2v) is 4.65. The Kier molecular flexibility index (Phi) is 4.96. The van der Waals surface area contributed by atoms with Gasteiger partial charge >= 0.3 is 0 Å². The van der Waals surface area contributed by atoms with E-state index in [1.54, 1.807) is 6.20 Å². The molecule has 0 saturated heterocycles. The molecule has 1 heterocycles. The molecular formula is C14H17ClN2O2. The van der Waals surface area contributed by atoms with Gasteiger partial charge in [-0.15, -0.1) is 0 Å². The predicted molar refractivity (Wildman–Crippen MR) is 75.0 cm³/mol. The molecule has 5 heteroatoms. The van der Waals surface area contributed by atoms with Gasteiger partial charge in [-0.1, -0.05) is 18.5 Å². The normalized spacial score (nSPS) is 11.2. The van der Waals surface area contributed by atoms with Crippen molar-refractivity contribution in [3.05, 3.63) is 41.4 Å². The average molecular weight is 281 g/mol. The molecule has 0 aliphatic rings. The smallest absolute Gasteiger partial charge is 0.209 e. The molecule has 0 amide bonds. The number of aromatic nitrogens is 1. The summed E-state index contributed by atoms with van der Waals surface area (Å²) in [6.07, 6.45) is 1.71. The number of nitrogens with zero attached hydrogens (tertiary/aromatic N) is 2. The van der Waals surface area contributed by atoms with Crippen LogP contribution in [0.3, 0.4) is 0 Å². The molecule has 1 aromatic carbocycles. The third-order valence-electron chi connectivity index (χ3n) is 2.90. The molecule has 0 aliphatic carbocycles. The van der Waals surface area contributed by atoms with Gasteiger partial charge in [0.15, 0.2) is 5.76 Å². The van der Waals surface area contributed by atoms with Gasteiger partial charge in [-0.25, -0.2) is 4.98 Å². The first kappa shape index (κ1) is 14.1. The molecule has 0 bridgehead atoms. The summed E-state index contributed by atoms with van der Waals surface area (Å²) in [5.74, 6) is 1.38. The molecule has 19 heavy (non-hydrogen) atoms. The number of halogens is 1. The van der Waals surface area contributed by atoms with Crippen molar-refractivity contribution in [2.45, 2.75) is 13.5 Å². The van der Waals surface area contributed by atoms with E-state index in [1.165, 1.54) is 0 Å². The van der Waals surface area contributed by atoms with Crippen LogP contribution in [0.4, 0.5) is 0 Å². The molecule has 1 aromatic heterocycles. The zero-order valence-corrected chi connectivity index (χ0v) is 11.6. The molecule has 4 nitrogen and oxygen atoms in total. The molecule has 1 N–H and O–H groups in total. The highest BCUT2D eigenvalue weighted by molar-refractivity contribution is 6.30. The van der Waals surface area contributed by atoms with Crippen molar-refractivity contribution in [1.82, 2.24) is 9.88 Å². The number of benzene rings is 1. The summed E-state index contributed by atoms with van der Waals surface area (Å²) in [6, 6.07) is 7.45. The minimum Gasteiger partial charge on any atom is -0.439 e. The van der Waals surface area contributed by atoms with Gasteiger partial charge in [0.25, 0.3) is 0 Å². The predicted octanol–water partition coefficient (Wildman–Crippen LogP) is 2.81. The fourth-order valence-corrected chi connectivity index (χ4v) is 1.94. The zero-order chi connectivity index (χ0) is 13.7. The van der Waals surface area contributed by atoms with E-state index in [-0.39, 0.29) is 6.61 Å². The van der Waals surface area contributed by atoms with Crippen molar-refractivity contribution >= 4 is 11.6 Å². The molecule has 2 rings (SSSR count). The van der Waals surface area contributed by atoms with E-state index in [0.29, 0.717) is 24.0 Å². The second kappa shape index (κ2) is 6.70. The Morgan fingerprint density at radius 2 is 2.05 bits per heavy atom. The summed E-state index contributed by atoms with van der Waals surface area (Å²) in [5, 5.41) is 9.65. The maximum absolute atomic E-state index is 8.95. The molecule has 0 atom stereocenters. The SMILES string of the molecule is CCN(CCO)Cc1ncc(-c2ccc(Cl)cc2)o1. The topological polar surface area (TPSA) is 49.5 Å². The van der Waals surface area contributed by atoms with Crippen LogP contribution < -0.4 is 0 Å². The number of likely N-dealkylation sites (N-methyl/N-ethyl adjacent to an activating group) is 1. The summed E-state index contributed by atoms with van der Waals surface area (Å²) in [5.41, 5.74) is 0.952. The summed E-state index contributed by atoms with van der Waals surface area (Å²) >= 11 is 5.85. The van der Waals surface area contributed by atoms with Crippen molar-refractivity contribution < 1.29 is 9.52 Å². The molecule has 0 saturated carbocycles. The molecule has 2 aromatic rings. The first-order chi connectivity index (χ1) is 9.22. The van der Waals surface area contributed by atoms with E-state index >= 15 is 0 Å². The Hall–Kier alpha value is -1.36. The minimum atomic E-state index is 0.137. The van der Waals surface area contributed by atoms with Crippen LogP contribution in [-0.4, -0.2) is 34.7 Å². The first-order valence-corrected chi connectivity index (χ1v) is 6.64. The van der Waals surface area contributed by atoms with Crippen LogP contribution in [0, 0.1) is 0 Å². The Bertz CT molecular complexity index is 510. The van der Waals surface area contributed by atoms with Crippen LogP contribution in [0.2, 0.25) is 5.02 Å². The van der Waals surface area contributed by atoms with Gasteiger partial charge in [0.05, 0.1) is 19.3 Å². The van der Waals surface area contributed by atoms with E-state index in [1.807, 2.05) is 31.2 Å². The molecule has 0 fully saturated rings. The standard InChI is InChI=1S/C14H17ClN2O2/c1-2-17(7-8-18)10-14-16-9-13(19-14)11-3-5-12(15)6-4-11/h3-6,9,18H,2,7-8,10H2,1H3. The monoisotopic (exact) mass is 280 g/mol. The van der Waals surface area contributed by atoms with Gasteiger partial charge < -0.3 is 9.52 Å². The molecule has 0 spiro atoms. The van der Waals surface area contributed by atoms with Crippen molar-refractivity contribution in [3.63, 3.8) is 0 Å². The Labute approximate surface area is 117 Å². The molecular weight excluding hydrogens is 264 g/mol. The molecule has 0 radical (unpaired) electrons. The highest BCUT2D eigenvalue weighted by Gasteiger charge is 2.10. The van der Waals surface area contributed by atoms with Gasteiger partial charge in [-0.2, -0.15) is 0 Å². The number of aliphatic hydroxyl groups is 1. The highest BCUT2D eigenvalue weighted by atomic mass is 35.5. The van der Waals surface area contributed by atoms with Crippen LogP contribution in [0.1, 0.15) is 12.8 Å². The lowest BCUT2D eigenvalue weighted by atomic mass is 10.2. The number of hydrogen-bond donors (Lipinski definition) is 1. The van der Waals surface area contributed by atoms with Crippen LogP contribution in [-0.2, 0) is 6.54 Å². The van der Waals surface area contributed by atoms with Gasteiger partial charge in [-0.3, -0.25) is 4.90 Å². The molecule has 0 aliphatic heterocycles. The largest absolute Gasteiger partial charge is 0.439 e.